The average Bonchev–Trinajstić information content (AvgIpc) is 3.20. The number of fused-ring (bicyclic) bond motifs is 1. The van der Waals surface area contributed by atoms with Crippen LogP contribution in [0.1, 0.15) is 40.2 Å². The van der Waals surface area contributed by atoms with Gasteiger partial charge in [0.1, 0.15) is 4.83 Å². The highest BCUT2D eigenvalue weighted by Crippen LogP contribution is 2.29. The van der Waals surface area contributed by atoms with Crippen LogP contribution in [0.15, 0.2) is 59.7 Å². The number of carbonyl (C=O) groups is 1. The Balaban J connectivity index is 1.46. The molecule has 0 radical (unpaired) electrons. The number of nitrogens with zero attached hydrogens (tertiary/aromatic N) is 2. The number of benzene rings is 2. The third-order valence-corrected chi connectivity index (χ3v) is 6.82. The Morgan fingerprint density at radius 3 is 2.51 bits per heavy atom. The number of rotatable bonds is 10. The predicted molar refractivity (Wildman–Crippen MR) is 139 cm³/mol. The van der Waals surface area contributed by atoms with Crippen molar-refractivity contribution in [2.75, 3.05) is 19.8 Å². The largest absolute Gasteiger partial charge is 0.490 e. The Morgan fingerprint density at radius 2 is 1.77 bits per heavy atom. The van der Waals surface area contributed by atoms with Gasteiger partial charge in [0.05, 0.1) is 36.3 Å². The van der Waals surface area contributed by atoms with E-state index in [1.165, 1.54) is 11.3 Å². The summed E-state index contributed by atoms with van der Waals surface area (Å²) in [6.45, 7) is 7.68. The summed E-state index contributed by atoms with van der Waals surface area (Å²) in [5.74, 6) is 1.22. The highest BCUT2D eigenvalue weighted by molar-refractivity contribution is 7.20. The van der Waals surface area contributed by atoms with Gasteiger partial charge in [-0.05, 0) is 56.0 Å². The molecule has 0 aliphatic rings. The monoisotopic (exact) mass is 491 g/mol. The number of hydrogen-bond donors (Lipinski definition) is 1. The Hall–Kier alpha value is -3.65. The molecule has 1 amide bonds. The van der Waals surface area contributed by atoms with Gasteiger partial charge in [-0.1, -0.05) is 36.4 Å². The van der Waals surface area contributed by atoms with Gasteiger partial charge >= 0.3 is 0 Å². The third-order valence-electron chi connectivity index (χ3n) is 5.63. The lowest BCUT2D eigenvalue weighted by atomic mass is 10.1. The van der Waals surface area contributed by atoms with E-state index in [1.54, 1.807) is 10.9 Å². The van der Waals surface area contributed by atoms with Crippen LogP contribution in [0.2, 0.25) is 0 Å². The molecular weight excluding hydrogens is 462 g/mol. The number of thiophene rings is 1. The molecule has 0 aliphatic carbocycles. The standard InChI is InChI=1S/C27H29N3O4S/c1-4-33-21-12-11-19(15-22(21)34-5-2)13-14-28-25(31)24-18(3)23-26(35-24)29-17-30(27(23)32)16-20-9-7-6-8-10-20/h6-12,15,17H,4-5,13-14,16H2,1-3H3,(H,28,31). The van der Waals surface area contributed by atoms with Crippen LogP contribution >= 0.6 is 11.3 Å². The summed E-state index contributed by atoms with van der Waals surface area (Å²) < 4.78 is 12.9. The number of hydrogen-bond acceptors (Lipinski definition) is 6. The van der Waals surface area contributed by atoms with Crippen molar-refractivity contribution in [3.8, 4) is 11.5 Å². The quantitative estimate of drug-likeness (QED) is 0.351. The van der Waals surface area contributed by atoms with Crippen LogP contribution in [0.3, 0.4) is 0 Å². The lowest BCUT2D eigenvalue weighted by Crippen LogP contribution is -2.25. The molecule has 2 aromatic heterocycles. The van der Waals surface area contributed by atoms with Gasteiger partial charge in [-0.25, -0.2) is 4.98 Å². The molecule has 0 saturated heterocycles. The molecule has 0 unspecified atom stereocenters. The Kier molecular flexibility index (Phi) is 7.82. The first-order chi connectivity index (χ1) is 17.0. The third kappa shape index (κ3) is 5.54. The van der Waals surface area contributed by atoms with Gasteiger partial charge in [0.25, 0.3) is 11.5 Å². The van der Waals surface area contributed by atoms with Crippen molar-refractivity contribution in [3.05, 3.63) is 86.8 Å². The molecule has 35 heavy (non-hydrogen) atoms. The van der Waals surface area contributed by atoms with Crippen LogP contribution in [0.5, 0.6) is 11.5 Å². The molecule has 8 heteroatoms. The molecule has 0 saturated carbocycles. The van der Waals surface area contributed by atoms with Crippen LogP contribution in [-0.4, -0.2) is 35.2 Å². The van der Waals surface area contributed by atoms with Crippen molar-refractivity contribution in [2.24, 2.45) is 0 Å². The topological polar surface area (TPSA) is 82.5 Å². The minimum Gasteiger partial charge on any atom is -0.490 e. The van der Waals surface area contributed by atoms with Gasteiger partial charge in [0.2, 0.25) is 0 Å². The van der Waals surface area contributed by atoms with E-state index in [0.29, 0.717) is 64.9 Å². The molecule has 4 aromatic rings. The minimum absolute atomic E-state index is 0.135. The Bertz CT molecular complexity index is 1380. The van der Waals surface area contributed by atoms with Crippen molar-refractivity contribution in [1.29, 1.82) is 0 Å². The van der Waals surface area contributed by atoms with Gasteiger partial charge in [-0.2, -0.15) is 0 Å². The van der Waals surface area contributed by atoms with Crippen molar-refractivity contribution in [2.45, 2.75) is 33.7 Å². The molecule has 4 rings (SSSR count). The fraction of sp³-hybridized carbons (Fsp3) is 0.296. The highest BCUT2D eigenvalue weighted by atomic mass is 32.1. The zero-order chi connectivity index (χ0) is 24.8. The SMILES string of the molecule is CCOc1ccc(CCNC(=O)c2sc3ncn(Cc4ccccc4)c(=O)c3c2C)cc1OCC. The van der Waals surface area contributed by atoms with E-state index in [1.807, 2.05) is 69.3 Å². The number of aromatic nitrogens is 2. The Labute approximate surface area is 208 Å². The summed E-state index contributed by atoms with van der Waals surface area (Å²) in [4.78, 5) is 31.6. The molecule has 0 fully saturated rings. The molecule has 1 N–H and O–H groups in total. The molecule has 0 spiro atoms. The average molecular weight is 492 g/mol. The van der Waals surface area contributed by atoms with Crippen LogP contribution in [0, 0.1) is 6.92 Å². The summed E-state index contributed by atoms with van der Waals surface area (Å²) >= 11 is 1.25. The van der Waals surface area contributed by atoms with Crippen LogP contribution in [0.25, 0.3) is 10.2 Å². The molecule has 2 aromatic carbocycles. The zero-order valence-electron chi connectivity index (χ0n) is 20.2. The van der Waals surface area contributed by atoms with Crippen LogP contribution in [0.4, 0.5) is 0 Å². The first-order valence-electron chi connectivity index (χ1n) is 11.7. The van der Waals surface area contributed by atoms with E-state index >= 15 is 0 Å². The molecule has 0 bridgehead atoms. The van der Waals surface area contributed by atoms with Crippen LogP contribution < -0.4 is 20.3 Å². The summed E-state index contributed by atoms with van der Waals surface area (Å²) in [7, 11) is 0. The van der Waals surface area contributed by atoms with E-state index in [9.17, 15) is 9.59 Å². The van der Waals surface area contributed by atoms with E-state index in [-0.39, 0.29) is 11.5 Å². The lowest BCUT2D eigenvalue weighted by molar-refractivity contribution is 0.0957. The van der Waals surface area contributed by atoms with Crippen molar-refractivity contribution in [3.63, 3.8) is 0 Å². The molecule has 182 valence electrons. The summed E-state index contributed by atoms with van der Waals surface area (Å²) in [5, 5.41) is 3.48. The van der Waals surface area contributed by atoms with Gasteiger partial charge in [-0.15, -0.1) is 11.3 Å². The van der Waals surface area contributed by atoms with Gasteiger partial charge < -0.3 is 14.8 Å². The van der Waals surface area contributed by atoms with Crippen molar-refractivity contribution in [1.82, 2.24) is 14.9 Å². The zero-order valence-corrected chi connectivity index (χ0v) is 21.0. The molecular formula is C27H29N3O4S. The first kappa shape index (κ1) is 24.5. The van der Waals surface area contributed by atoms with E-state index in [0.717, 1.165) is 11.1 Å². The normalized spacial score (nSPS) is 10.9. The minimum atomic E-state index is -0.199. The van der Waals surface area contributed by atoms with Gasteiger partial charge in [0, 0.05) is 6.54 Å². The van der Waals surface area contributed by atoms with Crippen molar-refractivity contribution < 1.29 is 14.3 Å². The van der Waals surface area contributed by atoms with E-state index in [2.05, 4.69) is 10.3 Å². The molecule has 7 nitrogen and oxygen atoms in total. The van der Waals surface area contributed by atoms with Gasteiger partial charge in [-0.3, -0.25) is 14.2 Å². The Morgan fingerprint density at radius 1 is 1.03 bits per heavy atom. The lowest BCUT2D eigenvalue weighted by Gasteiger charge is -2.12. The highest BCUT2D eigenvalue weighted by Gasteiger charge is 2.19. The number of nitrogens with one attached hydrogen (secondary N) is 1. The maximum absolute atomic E-state index is 13.1. The molecule has 0 aliphatic heterocycles. The summed E-state index contributed by atoms with van der Waals surface area (Å²) in [5.41, 5.74) is 2.59. The second-order valence-electron chi connectivity index (χ2n) is 8.05. The fourth-order valence-corrected chi connectivity index (χ4v) is 4.98. The maximum Gasteiger partial charge on any atom is 0.262 e. The van der Waals surface area contributed by atoms with E-state index < -0.39 is 0 Å². The number of aryl methyl sites for hydroxylation is 1. The smallest absolute Gasteiger partial charge is 0.262 e. The molecule has 2 heterocycles. The second kappa shape index (κ2) is 11.2. The van der Waals surface area contributed by atoms with Crippen LogP contribution in [-0.2, 0) is 13.0 Å². The first-order valence-corrected chi connectivity index (χ1v) is 12.5. The number of ether oxygens (including phenoxy) is 2. The van der Waals surface area contributed by atoms with Crippen molar-refractivity contribution >= 4 is 27.5 Å². The van der Waals surface area contributed by atoms with E-state index in [4.69, 9.17) is 9.47 Å². The summed E-state index contributed by atoms with van der Waals surface area (Å²) in [6.07, 6.45) is 2.20. The molecule has 0 atom stereocenters. The maximum atomic E-state index is 13.1. The second-order valence-corrected chi connectivity index (χ2v) is 9.05. The number of amides is 1. The number of carbonyl (C=O) groups excluding carboxylic acids is 1. The fourth-order valence-electron chi connectivity index (χ4n) is 3.92. The predicted octanol–water partition coefficient (Wildman–Crippen LogP) is 4.58. The summed E-state index contributed by atoms with van der Waals surface area (Å²) in [6, 6.07) is 15.6. The van der Waals surface area contributed by atoms with Gasteiger partial charge in [0.15, 0.2) is 11.5 Å².